The lowest BCUT2D eigenvalue weighted by Crippen LogP contribution is -2.49. The molecular weight excluding hydrogens is 162 g/mol. The molecule has 0 amide bonds. The van der Waals surface area contributed by atoms with E-state index in [2.05, 4.69) is 26.1 Å². The SMILES string of the molecule is CC(C)CCNC1(C)CCCOC1. The molecule has 1 aliphatic heterocycles. The zero-order chi connectivity index (χ0) is 9.73. The summed E-state index contributed by atoms with van der Waals surface area (Å²) in [6, 6.07) is 0. The van der Waals surface area contributed by atoms with Crippen LogP contribution < -0.4 is 5.32 Å². The van der Waals surface area contributed by atoms with Crippen molar-refractivity contribution in [1.29, 1.82) is 0 Å². The van der Waals surface area contributed by atoms with Crippen LogP contribution in [0.3, 0.4) is 0 Å². The largest absolute Gasteiger partial charge is 0.380 e. The summed E-state index contributed by atoms with van der Waals surface area (Å²) in [5, 5.41) is 3.60. The average Bonchev–Trinajstić information content (AvgIpc) is 2.04. The molecule has 13 heavy (non-hydrogen) atoms. The van der Waals surface area contributed by atoms with E-state index in [-0.39, 0.29) is 5.54 Å². The van der Waals surface area contributed by atoms with Crippen molar-refractivity contribution in [2.24, 2.45) is 5.92 Å². The summed E-state index contributed by atoms with van der Waals surface area (Å²) in [6.07, 6.45) is 3.71. The second-order valence-electron chi connectivity index (χ2n) is 4.83. The van der Waals surface area contributed by atoms with E-state index in [0.717, 1.165) is 25.7 Å². The first kappa shape index (κ1) is 11.0. The van der Waals surface area contributed by atoms with E-state index in [4.69, 9.17) is 4.74 Å². The fourth-order valence-corrected chi connectivity index (χ4v) is 1.74. The molecule has 1 saturated heterocycles. The Morgan fingerprint density at radius 2 is 2.23 bits per heavy atom. The first-order valence-corrected chi connectivity index (χ1v) is 5.45. The van der Waals surface area contributed by atoms with Crippen molar-refractivity contribution in [3.05, 3.63) is 0 Å². The molecule has 1 fully saturated rings. The van der Waals surface area contributed by atoms with E-state index in [9.17, 15) is 0 Å². The molecule has 1 rings (SSSR count). The second-order valence-corrected chi connectivity index (χ2v) is 4.83. The van der Waals surface area contributed by atoms with Gasteiger partial charge in [-0.3, -0.25) is 0 Å². The molecule has 0 bridgehead atoms. The maximum Gasteiger partial charge on any atom is 0.0645 e. The molecule has 1 unspecified atom stereocenters. The summed E-state index contributed by atoms with van der Waals surface area (Å²) >= 11 is 0. The monoisotopic (exact) mass is 185 g/mol. The van der Waals surface area contributed by atoms with Crippen LogP contribution in [0, 0.1) is 5.92 Å². The zero-order valence-electron chi connectivity index (χ0n) is 9.23. The third kappa shape index (κ3) is 4.10. The summed E-state index contributed by atoms with van der Waals surface area (Å²) < 4.78 is 5.48. The predicted octanol–water partition coefficient (Wildman–Crippen LogP) is 2.19. The molecule has 0 spiro atoms. The zero-order valence-corrected chi connectivity index (χ0v) is 9.23. The second kappa shape index (κ2) is 4.97. The molecule has 1 aliphatic rings. The molecule has 1 heterocycles. The fraction of sp³-hybridized carbons (Fsp3) is 1.00. The quantitative estimate of drug-likeness (QED) is 0.725. The molecular formula is C11H23NO. The first-order valence-electron chi connectivity index (χ1n) is 5.45. The Morgan fingerprint density at radius 3 is 2.77 bits per heavy atom. The van der Waals surface area contributed by atoms with Crippen LogP contribution >= 0.6 is 0 Å². The Morgan fingerprint density at radius 1 is 1.46 bits per heavy atom. The minimum absolute atomic E-state index is 0.243. The van der Waals surface area contributed by atoms with Gasteiger partial charge in [0.2, 0.25) is 0 Å². The summed E-state index contributed by atoms with van der Waals surface area (Å²) in [5.41, 5.74) is 0.243. The van der Waals surface area contributed by atoms with E-state index >= 15 is 0 Å². The molecule has 1 atom stereocenters. The summed E-state index contributed by atoms with van der Waals surface area (Å²) in [6.45, 7) is 9.75. The molecule has 0 aromatic heterocycles. The molecule has 0 radical (unpaired) electrons. The van der Waals surface area contributed by atoms with Gasteiger partial charge in [-0.05, 0) is 38.6 Å². The van der Waals surface area contributed by atoms with E-state index in [1.54, 1.807) is 0 Å². The number of ether oxygens (including phenoxy) is 1. The number of rotatable bonds is 4. The number of hydrogen-bond donors (Lipinski definition) is 1. The predicted molar refractivity (Wildman–Crippen MR) is 55.9 cm³/mol. The van der Waals surface area contributed by atoms with Crippen LogP contribution in [-0.4, -0.2) is 25.3 Å². The average molecular weight is 185 g/mol. The molecule has 0 aromatic carbocycles. The van der Waals surface area contributed by atoms with E-state index < -0.39 is 0 Å². The van der Waals surface area contributed by atoms with Crippen LogP contribution in [0.1, 0.15) is 40.0 Å². The Labute approximate surface area is 82.0 Å². The minimum atomic E-state index is 0.243. The van der Waals surface area contributed by atoms with Crippen molar-refractivity contribution in [2.75, 3.05) is 19.8 Å². The van der Waals surface area contributed by atoms with Crippen LogP contribution in [-0.2, 0) is 4.74 Å². The third-order valence-corrected chi connectivity index (χ3v) is 2.71. The van der Waals surface area contributed by atoms with Gasteiger partial charge in [0.25, 0.3) is 0 Å². The lowest BCUT2D eigenvalue weighted by molar-refractivity contribution is 0.0283. The standard InChI is InChI=1S/C11H23NO/c1-10(2)5-7-12-11(3)6-4-8-13-9-11/h10,12H,4-9H2,1-3H3. The van der Waals surface area contributed by atoms with Crippen molar-refractivity contribution in [3.63, 3.8) is 0 Å². The van der Waals surface area contributed by atoms with Gasteiger partial charge < -0.3 is 10.1 Å². The van der Waals surface area contributed by atoms with Crippen LogP contribution in [0.15, 0.2) is 0 Å². The van der Waals surface area contributed by atoms with Crippen molar-refractivity contribution < 1.29 is 4.74 Å². The molecule has 0 saturated carbocycles. The maximum atomic E-state index is 5.48. The van der Waals surface area contributed by atoms with E-state index in [1.165, 1.54) is 19.3 Å². The highest BCUT2D eigenvalue weighted by Gasteiger charge is 2.26. The Kier molecular flexibility index (Phi) is 4.20. The van der Waals surface area contributed by atoms with Crippen LogP contribution in [0.2, 0.25) is 0 Å². The summed E-state index contributed by atoms with van der Waals surface area (Å²) in [5.74, 6) is 0.792. The number of hydrogen-bond acceptors (Lipinski definition) is 2. The maximum absolute atomic E-state index is 5.48. The van der Waals surface area contributed by atoms with Gasteiger partial charge in [0.1, 0.15) is 0 Å². The first-order chi connectivity index (χ1) is 6.12. The molecule has 2 heteroatoms. The third-order valence-electron chi connectivity index (χ3n) is 2.71. The topological polar surface area (TPSA) is 21.3 Å². The molecule has 0 aromatic rings. The van der Waals surface area contributed by atoms with Crippen molar-refractivity contribution in [2.45, 2.75) is 45.6 Å². The molecule has 1 N–H and O–H groups in total. The lowest BCUT2D eigenvalue weighted by Gasteiger charge is -2.34. The van der Waals surface area contributed by atoms with E-state index in [0.29, 0.717) is 0 Å². The van der Waals surface area contributed by atoms with Gasteiger partial charge in [-0.1, -0.05) is 13.8 Å². The fourth-order valence-electron chi connectivity index (χ4n) is 1.74. The normalized spacial score (nSPS) is 29.5. The van der Waals surface area contributed by atoms with Crippen molar-refractivity contribution >= 4 is 0 Å². The van der Waals surface area contributed by atoms with Gasteiger partial charge in [-0.25, -0.2) is 0 Å². The highest BCUT2D eigenvalue weighted by atomic mass is 16.5. The van der Waals surface area contributed by atoms with Gasteiger partial charge in [0.15, 0.2) is 0 Å². The Hall–Kier alpha value is -0.0800. The molecule has 0 aliphatic carbocycles. The van der Waals surface area contributed by atoms with Gasteiger partial charge in [0, 0.05) is 12.1 Å². The van der Waals surface area contributed by atoms with E-state index in [1.807, 2.05) is 0 Å². The van der Waals surface area contributed by atoms with Crippen LogP contribution in [0.25, 0.3) is 0 Å². The lowest BCUT2D eigenvalue weighted by atomic mass is 9.94. The van der Waals surface area contributed by atoms with Crippen LogP contribution in [0.5, 0.6) is 0 Å². The van der Waals surface area contributed by atoms with Gasteiger partial charge in [0.05, 0.1) is 6.61 Å². The summed E-state index contributed by atoms with van der Waals surface area (Å²) in [4.78, 5) is 0. The van der Waals surface area contributed by atoms with Crippen molar-refractivity contribution in [3.8, 4) is 0 Å². The van der Waals surface area contributed by atoms with Gasteiger partial charge in [-0.2, -0.15) is 0 Å². The minimum Gasteiger partial charge on any atom is -0.380 e. The summed E-state index contributed by atoms with van der Waals surface area (Å²) in [7, 11) is 0. The molecule has 78 valence electrons. The smallest absolute Gasteiger partial charge is 0.0645 e. The van der Waals surface area contributed by atoms with Gasteiger partial charge >= 0.3 is 0 Å². The highest BCUT2D eigenvalue weighted by molar-refractivity contribution is 4.85. The highest BCUT2D eigenvalue weighted by Crippen LogP contribution is 2.18. The Balaban J connectivity index is 2.17. The van der Waals surface area contributed by atoms with Crippen LogP contribution in [0.4, 0.5) is 0 Å². The molecule has 2 nitrogen and oxygen atoms in total. The van der Waals surface area contributed by atoms with Gasteiger partial charge in [-0.15, -0.1) is 0 Å². The van der Waals surface area contributed by atoms with Crippen molar-refractivity contribution in [1.82, 2.24) is 5.32 Å². The Bertz CT molecular complexity index is 139. The number of nitrogens with one attached hydrogen (secondary N) is 1.